The Labute approximate surface area is 168 Å². The van der Waals surface area contributed by atoms with Crippen LogP contribution in [-0.2, 0) is 17.6 Å². The van der Waals surface area contributed by atoms with E-state index in [4.69, 9.17) is 11.6 Å². The number of aryl methyl sites for hydroxylation is 1. The van der Waals surface area contributed by atoms with E-state index in [9.17, 15) is 4.79 Å². The molecule has 0 saturated carbocycles. The highest BCUT2D eigenvalue weighted by molar-refractivity contribution is 7.99. The SMILES string of the molecule is Cl.Cn1nc(C2CCNCC2)nc1NC(=O)CSCc1cccc(Cl)c1. The van der Waals surface area contributed by atoms with Crippen LogP contribution in [0.3, 0.4) is 0 Å². The number of hydrogen-bond donors (Lipinski definition) is 2. The first-order valence-electron chi connectivity index (χ1n) is 8.35. The largest absolute Gasteiger partial charge is 0.317 e. The first-order chi connectivity index (χ1) is 12.1. The van der Waals surface area contributed by atoms with E-state index in [2.05, 4.69) is 20.7 Å². The number of nitrogens with zero attached hydrogens (tertiary/aromatic N) is 3. The fourth-order valence-electron chi connectivity index (χ4n) is 2.82. The Bertz CT molecular complexity index is 734. The maximum Gasteiger partial charge on any atom is 0.236 e. The van der Waals surface area contributed by atoms with Gasteiger partial charge in [0.1, 0.15) is 0 Å². The molecule has 9 heteroatoms. The number of nitrogens with one attached hydrogen (secondary N) is 2. The van der Waals surface area contributed by atoms with Crippen LogP contribution >= 0.6 is 35.8 Å². The fourth-order valence-corrected chi connectivity index (χ4v) is 3.80. The van der Waals surface area contributed by atoms with Crippen molar-refractivity contribution in [3.63, 3.8) is 0 Å². The Hall–Kier alpha value is -1.28. The van der Waals surface area contributed by atoms with Crippen molar-refractivity contribution in [2.45, 2.75) is 24.5 Å². The third-order valence-corrected chi connectivity index (χ3v) is 5.36. The van der Waals surface area contributed by atoms with E-state index in [-0.39, 0.29) is 18.3 Å². The molecule has 0 spiro atoms. The van der Waals surface area contributed by atoms with Gasteiger partial charge in [-0.25, -0.2) is 4.68 Å². The molecule has 1 saturated heterocycles. The smallest absolute Gasteiger partial charge is 0.236 e. The lowest BCUT2D eigenvalue weighted by Gasteiger charge is -2.19. The lowest BCUT2D eigenvalue weighted by molar-refractivity contribution is -0.113. The van der Waals surface area contributed by atoms with Crippen molar-refractivity contribution in [1.82, 2.24) is 20.1 Å². The molecular formula is C17H23Cl2N5OS. The summed E-state index contributed by atoms with van der Waals surface area (Å²) in [4.78, 5) is 16.7. The molecule has 142 valence electrons. The van der Waals surface area contributed by atoms with E-state index in [1.165, 1.54) is 0 Å². The number of thioether (sulfide) groups is 1. The van der Waals surface area contributed by atoms with E-state index in [1.54, 1.807) is 16.4 Å². The van der Waals surface area contributed by atoms with Crippen molar-refractivity contribution in [3.05, 3.63) is 40.7 Å². The number of carbonyl (C=O) groups excluding carboxylic acids is 1. The highest BCUT2D eigenvalue weighted by atomic mass is 35.5. The second kappa shape index (κ2) is 10.2. The van der Waals surface area contributed by atoms with Gasteiger partial charge < -0.3 is 5.32 Å². The third-order valence-electron chi connectivity index (χ3n) is 4.13. The number of hydrogen-bond acceptors (Lipinski definition) is 5. The predicted octanol–water partition coefficient (Wildman–Crippen LogP) is 3.23. The molecule has 26 heavy (non-hydrogen) atoms. The fraction of sp³-hybridized carbons (Fsp3) is 0.471. The molecule has 6 nitrogen and oxygen atoms in total. The minimum absolute atomic E-state index is 0. The van der Waals surface area contributed by atoms with Gasteiger partial charge >= 0.3 is 0 Å². The van der Waals surface area contributed by atoms with Crippen LogP contribution < -0.4 is 10.6 Å². The van der Waals surface area contributed by atoms with Crippen molar-refractivity contribution in [3.8, 4) is 0 Å². The molecule has 2 aromatic rings. The number of aromatic nitrogens is 3. The highest BCUT2D eigenvalue weighted by Gasteiger charge is 2.21. The summed E-state index contributed by atoms with van der Waals surface area (Å²) >= 11 is 7.51. The first-order valence-corrected chi connectivity index (χ1v) is 9.89. The first kappa shape index (κ1) is 21.0. The molecule has 0 bridgehead atoms. The number of benzene rings is 1. The lowest BCUT2D eigenvalue weighted by atomic mass is 9.98. The van der Waals surface area contributed by atoms with Crippen LogP contribution in [-0.4, -0.2) is 39.5 Å². The zero-order valence-electron chi connectivity index (χ0n) is 14.6. The van der Waals surface area contributed by atoms with Crippen LogP contribution in [0.4, 0.5) is 5.95 Å². The Kier molecular flexibility index (Phi) is 8.21. The quantitative estimate of drug-likeness (QED) is 0.757. The molecule has 0 unspecified atom stereocenters. The van der Waals surface area contributed by atoms with Gasteiger partial charge in [-0.05, 0) is 43.6 Å². The van der Waals surface area contributed by atoms with E-state index < -0.39 is 0 Å². The zero-order valence-corrected chi connectivity index (χ0v) is 17.0. The van der Waals surface area contributed by atoms with Gasteiger partial charge in [0.25, 0.3) is 0 Å². The number of piperidine rings is 1. The molecule has 0 atom stereocenters. The van der Waals surface area contributed by atoms with E-state index >= 15 is 0 Å². The average Bonchev–Trinajstić information content (AvgIpc) is 2.96. The van der Waals surface area contributed by atoms with E-state index in [0.717, 1.165) is 43.1 Å². The van der Waals surface area contributed by atoms with Crippen LogP contribution in [0.1, 0.15) is 30.1 Å². The molecule has 1 aromatic carbocycles. The Balaban J connectivity index is 0.00000243. The minimum Gasteiger partial charge on any atom is -0.317 e. The van der Waals surface area contributed by atoms with Gasteiger partial charge in [0.05, 0.1) is 5.75 Å². The van der Waals surface area contributed by atoms with Crippen molar-refractivity contribution in [1.29, 1.82) is 0 Å². The molecule has 1 fully saturated rings. The van der Waals surface area contributed by atoms with Crippen molar-refractivity contribution in [2.24, 2.45) is 7.05 Å². The minimum atomic E-state index is -0.0700. The topological polar surface area (TPSA) is 71.8 Å². The number of anilines is 1. The summed E-state index contributed by atoms with van der Waals surface area (Å²) in [5.74, 6) is 2.75. The molecule has 1 aliphatic rings. The molecule has 2 N–H and O–H groups in total. The van der Waals surface area contributed by atoms with Crippen molar-refractivity contribution >= 4 is 47.6 Å². The Morgan fingerprint density at radius 2 is 2.19 bits per heavy atom. The monoisotopic (exact) mass is 415 g/mol. The maximum absolute atomic E-state index is 12.2. The summed E-state index contributed by atoms with van der Waals surface area (Å²) in [7, 11) is 1.81. The third kappa shape index (κ3) is 5.87. The standard InChI is InChI=1S/C17H22ClN5OS.ClH/c1-23-17(21-16(22-23)13-5-7-19-8-6-13)20-15(24)11-25-10-12-3-2-4-14(18)9-12;/h2-4,9,13,19H,5-8,10-11H2,1H3,(H,20,21,22,24);1H. The Morgan fingerprint density at radius 3 is 2.92 bits per heavy atom. The second-order valence-electron chi connectivity index (χ2n) is 6.11. The van der Waals surface area contributed by atoms with Crippen LogP contribution in [0.5, 0.6) is 0 Å². The molecule has 2 heterocycles. The zero-order chi connectivity index (χ0) is 17.6. The van der Waals surface area contributed by atoms with Gasteiger partial charge in [-0.3, -0.25) is 10.1 Å². The van der Waals surface area contributed by atoms with Crippen LogP contribution in [0.25, 0.3) is 0 Å². The van der Waals surface area contributed by atoms with Gasteiger partial charge in [-0.2, -0.15) is 10.1 Å². The van der Waals surface area contributed by atoms with Crippen LogP contribution in [0.2, 0.25) is 5.02 Å². The molecule has 1 aliphatic heterocycles. The number of rotatable bonds is 6. The number of halogens is 2. The summed E-state index contributed by atoms with van der Waals surface area (Å²) in [6.45, 7) is 1.98. The van der Waals surface area contributed by atoms with Crippen LogP contribution in [0, 0.1) is 0 Å². The summed E-state index contributed by atoms with van der Waals surface area (Å²) in [6, 6.07) is 7.68. The average molecular weight is 416 g/mol. The highest BCUT2D eigenvalue weighted by Crippen LogP contribution is 2.23. The van der Waals surface area contributed by atoms with Crippen molar-refractivity contribution in [2.75, 3.05) is 24.2 Å². The molecule has 1 amide bonds. The summed E-state index contributed by atoms with van der Waals surface area (Å²) < 4.78 is 1.65. The van der Waals surface area contributed by atoms with Crippen molar-refractivity contribution < 1.29 is 4.79 Å². The number of carbonyl (C=O) groups is 1. The molecule has 0 aliphatic carbocycles. The number of amides is 1. The summed E-state index contributed by atoms with van der Waals surface area (Å²) in [5.41, 5.74) is 1.11. The molecule has 1 aromatic heterocycles. The van der Waals surface area contributed by atoms with Crippen LogP contribution in [0.15, 0.2) is 24.3 Å². The van der Waals surface area contributed by atoms with E-state index in [1.807, 2.05) is 31.3 Å². The summed E-state index contributed by atoms with van der Waals surface area (Å²) in [5, 5.41) is 11.4. The maximum atomic E-state index is 12.2. The van der Waals surface area contributed by atoms with Gasteiger partial charge in [0.2, 0.25) is 11.9 Å². The summed E-state index contributed by atoms with van der Waals surface area (Å²) in [6.07, 6.45) is 2.07. The van der Waals surface area contributed by atoms with Gasteiger partial charge in [-0.1, -0.05) is 23.7 Å². The molecular weight excluding hydrogens is 393 g/mol. The lowest BCUT2D eigenvalue weighted by Crippen LogP contribution is -2.27. The Morgan fingerprint density at radius 1 is 1.42 bits per heavy atom. The van der Waals surface area contributed by atoms with Gasteiger partial charge in [0.15, 0.2) is 5.82 Å². The van der Waals surface area contributed by atoms with E-state index in [0.29, 0.717) is 22.6 Å². The normalized spacial score (nSPS) is 14.7. The predicted molar refractivity (Wildman–Crippen MR) is 109 cm³/mol. The van der Waals surface area contributed by atoms with Gasteiger partial charge in [-0.15, -0.1) is 24.2 Å². The van der Waals surface area contributed by atoms with Gasteiger partial charge in [0, 0.05) is 23.7 Å². The molecule has 0 radical (unpaired) electrons. The second-order valence-corrected chi connectivity index (χ2v) is 7.53. The molecule has 3 rings (SSSR count).